The minimum Gasteiger partial charge on any atom is -0.469 e. The van der Waals surface area contributed by atoms with E-state index in [-0.39, 0.29) is 11.9 Å². The molecule has 0 bridgehead atoms. The fourth-order valence-corrected chi connectivity index (χ4v) is 2.20. The number of aliphatic hydroxyl groups excluding tert-OH is 1. The number of methoxy groups -OCH3 is 1. The van der Waals surface area contributed by atoms with Crippen molar-refractivity contribution in [3.8, 4) is 0 Å². The van der Waals surface area contributed by atoms with Crippen LogP contribution >= 0.6 is 0 Å². The van der Waals surface area contributed by atoms with Crippen LogP contribution in [0.5, 0.6) is 0 Å². The zero-order chi connectivity index (χ0) is 11.8. The summed E-state index contributed by atoms with van der Waals surface area (Å²) in [6.07, 6.45) is 5.27. The summed E-state index contributed by atoms with van der Waals surface area (Å²) in [6.45, 7) is 3.24. The molecule has 0 aromatic carbocycles. The number of aliphatic hydroxyl groups is 1. The van der Waals surface area contributed by atoms with E-state index in [9.17, 15) is 4.79 Å². The molecule has 1 atom stereocenters. The first kappa shape index (κ1) is 13.5. The van der Waals surface area contributed by atoms with E-state index in [1.165, 1.54) is 13.5 Å². The minimum atomic E-state index is -0.0669. The number of carbonyl (C=O) groups is 1. The molecule has 0 radical (unpaired) electrons. The molecule has 16 heavy (non-hydrogen) atoms. The summed E-state index contributed by atoms with van der Waals surface area (Å²) in [5.74, 6) is 0.0187. The molecular weight excluding hydrogens is 206 g/mol. The Morgan fingerprint density at radius 3 is 2.81 bits per heavy atom. The third-order valence-electron chi connectivity index (χ3n) is 3.19. The van der Waals surface area contributed by atoms with Gasteiger partial charge in [-0.05, 0) is 32.4 Å². The number of nitrogens with zero attached hydrogens (tertiary/aromatic N) is 1. The average molecular weight is 229 g/mol. The summed E-state index contributed by atoms with van der Waals surface area (Å²) >= 11 is 0. The van der Waals surface area contributed by atoms with Crippen LogP contribution in [0.4, 0.5) is 0 Å². The van der Waals surface area contributed by atoms with E-state index in [2.05, 4.69) is 4.90 Å². The molecule has 0 aromatic heterocycles. The fourth-order valence-electron chi connectivity index (χ4n) is 2.20. The molecule has 1 fully saturated rings. The van der Waals surface area contributed by atoms with Gasteiger partial charge >= 0.3 is 5.97 Å². The average Bonchev–Trinajstić information content (AvgIpc) is 2.76. The van der Waals surface area contributed by atoms with Crippen molar-refractivity contribution >= 4 is 5.97 Å². The number of unbranched alkanes of at least 4 members (excludes halogenated alkanes) is 3. The molecule has 0 spiro atoms. The lowest BCUT2D eigenvalue weighted by atomic mass is 10.1. The number of carbonyl (C=O) groups excluding carboxylic acids is 1. The number of ether oxygens (including phenoxy) is 1. The smallest absolute Gasteiger partial charge is 0.310 e. The Balaban J connectivity index is 2.05. The second-order valence-corrected chi connectivity index (χ2v) is 4.45. The molecule has 1 aliphatic rings. The molecule has 1 heterocycles. The second kappa shape index (κ2) is 7.63. The monoisotopic (exact) mass is 229 g/mol. The Bertz CT molecular complexity index is 208. The van der Waals surface area contributed by atoms with Crippen LogP contribution in [0.1, 0.15) is 32.1 Å². The molecule has 1 N–H and O–H groups in total. The summed E-state index contributed by atoms with van der Waals surface area (Å²) < 4.78 is 4.75. The van der Waals surface area contributed by atoms with Crippen molar-refractivity contribution < 1.29 is 14.6 Å². The molecule has 94 valence electrons. The maximum Gasteiger partial charge on any atom is 0.310 e. The predicted molar refractivity (Wildman–Crippen MR) is 62.1 cm³/mol. The van der Waals surface area contributed by atoms with Crippen molar-refractivity contribution in [3.63, 3.8) is 0 Å². The summed E-state index contributed by atoms with van der Waals surface area (Å²) in [5, 5.41) is 8.64. The number of hydrogen-bond acceptors (Lipinski definition) is 4. The Morgan fingerprint density at radius 1 is 1.38 bits per heavy atom. The molecule has 4 heteroatoms. The molecule has 0 saturated carbocycles. The van der Waals surface area contributed by atoms with Gasteiger partial charge in [0.2, 0.25) is 0 Å². The van der Waals surface area contributed by atoms with Crippen LogP contribution in [0.2, 0.25) is 0 Å². The van der Waals surface area contributed by atoms with Crippen LogP contribution in [0.15, 0.2) is 0 Å². The van der Waals surface area contributed by atoms with Gasteiger partial charge in [-0.1, -0.05) is 12.8 Å². The van der Waals surface area contributed by atoms with Crippen LogP contribution in [-0.2, 0) is 9.53 Å². The lowest BCUT2D eigenvalue weighted by Crippen LogP contribution is -2.24. The molecule has 1 saturated heterocycles. The lowest BCUT2D eigenvalue weighted by Gasteiger charge is -2.14. The summed E-state index contributed by atoms with van der Waals surface area (Å²) in [7, 11) is 1.46. The quantitative estimate of drug-likeness (QED) is 0.523. The highest BCUT2D eigenvalue weighted by Crippen LogP contribution is 2.18. The highest BCUT2D eigenvalue weighted by atomic mass is 16.5. The van der Waals surface area contributed by atoms with E-state index in [1.54, 1.807) is 0 Å². The van der Waals surface area contributed by atoms with Gasteiger partial charge in [0.15, 0.2) is 0 Å². The van der Waals surface area contributed by atoms with Crippen LogP contribution < -0.4 is 0 Å². The van der Waals surface area contributed by atoms with E-state index < -0.39 is 0 Å². The van der Waals surface area contributed by atoms with Gasteiger partial charge < -0.3 is 14.7 Å². The van der Waals surface area contributed by atoms with Crippen LogP contribution in [0, 0.1) is 5.92 Å². The van der Waals surface area contributed by atoms with Gasteiger partial charge in [0.1, 0.15) is 0 Å². The highest BCUT2D eigenvalue weighted by Gasteiger charge is 2.28. The van der Waals surface area contributed by atoms with Gasteiger partial charge in [-0.3, -0.25) is 4.79 Å². The van der Waals surface area contributed by atoms with Crippen molar-refractivity contribution in [2.45, 2.75) is 32.1 Å². The summed E-state index contributed by atoms with van der Waals surface area (Å²) in [4.78, 5) is 13.6. The Kier molecular flexibility index (Phi) is 6.42. The van der Waals surface area contributed by atoms with Gasteiger partial charge in [-0.15, -0.1) is 0 Å². The zero-order valence-electron chi connectivity index (χ0n) is 10.2. The molecule has 1 unspecified atom stereocenters. The maximum atomic E-state index is 11.3. The van der Waals surface area contributed by atoms with E-state index in [0.29, 0.717) is 6.61 Å². The number of hydrogen-bond donors (Lipinski definition) is 1. The van der Waals surface area contributed by atoms with Crippen LogP contribution in [-0.4, -0.2) is 49.3 Å². The first-order valence-corrected chi connectivity index (χ1v) is 6.19. The lowest BCUT2D eigenvalue weighted by molar-refractivity contribution is -0.144. The second-order valence-electron chi connectivity index (χ2n) is 4.45. The van der Waals surface area contributed by atoms with Gasteiger partial charge in [-0.25, -0.2) is 0 Å². The molecule has 0 amide bonds. The standard InChI is InChI=1S/C12H23NO3/c1-16-12(15)11-6-8-13(10-11)7-4-2-3-5-9-14/h11,14H,2-10H2,1H3. The highest BCUT2D eigenvalue weighted by molar-refractivity contribution is 5.72. The third-order valence-corrected chi connectivity index (χ3v) is 3.19. The van der Waals surface area contributed by atoms with Crippen molar-refractivity contribution in [1.29, 1.82) is 0 Å². The van der Waals surface area contributed by atoms with E-state index in [0.717, 1.165) is 45.3 Å². The molecule has 1 aliphatic heterocycles. The summed E-state index contributed by atoms with van der Waals surface area (Å²) in [6, 6.07) is 0. The maximum absolute atomic E-state index is 11.3. The molecular formula is C12H23NO3. The molecule has 4 nitrogen and oxygen atoms in total. The van der Waals surface area contributed by atoms with Gasteiger partial charge in [0, 0.05) is 13.2 Å². The van der Waals surface area contributed by atoms with Crippen molar-refractivity contribution in [3.05, 3.63) is 0 Å². The van der Waals surface area contributed by atoms with Gasteiger partial charge in [0.25, 0.3) is 0 Å². The number of esters is 1. The fraction of sp³-hybridized carbons (Fsp3) is 0.917. The first-order chi connectivity index (χ1) is 7.77. The van der Waals surface area contributed by atoms with Crippen LogP contribution in [0.25, 0.3) is 0 Å². The normalized spacial score (nSPS) is 21.2. The first-order valence-electron chi connectivity index (χ1n) is 6.19. The van der Waals surface area contributed by atoms with E-state index >= 15 is 0 Å². The van der Waals surface area contributed by atoms with Crippen molar-refractivity contribution in [1.82, 2.24) is 4.90 Å². The van der Waals surface area contributed by atoms with Crippen LogP contribution in [0.3, 0.4) is 0 Å². The molecule has 0 aliphatic carbocycles. The third kappa shape index (κ3) is 4.49. The largest absolute Gasteiger partial charge is 0.469 e. The molecule has 1 rings (SSSR count). The molecule has 0 aromatic rings. The topological polar surface area (TPSA) is 49.8 Å². The van der Waals surface area contributed by atoms with E-state index in [4.69, 9.17) is 9.84 Å². The van der Waals surface area contributed by atoms with Gasteiger partial charge in [-0.2, -0.15) is 0 Å². The van der Waals surface area contributed by atoms with E-state index in [1.807, 2.05) is 0 Å². The van der Waals surface area contributed by atoms with Gasteiger partial charge in [0.05, 0.1) is 13.0 Å². The number of rotatable bonds is 7. The summed E-state index contributed by atoms with van der Waals surface area (Å²) in [5.41, 5.74) is 0. The number of likely N-dealkylation sites (tertiary alicyclic amines) is 1. The minimum absolute atomic E-state index is 0.0669. The van der Waals surface area contributed by atoms with Crippen molar-refractivity contribution in [2.24, 2.45) is 5.92 Å². The zero-order valence-corrected chi connectivity index (χ0v) is 10.2. The predicted octanol–water partition coefficient (Wildman–Crippen LogP) is 1.03. The Morgan fingerprint density at radius 2 is 2.12 bits per heavy atom. The Hall–Kier alpha value is -0.610. The SMILES string of the molecule is COC(=O)C1CCN(CCCCCCO)C1. The Labute approximate surface area is 97.6 Å². The van der Waals surface area contributed by atoms with Crippen molar-refractivity contribution in [2.75, 3.05) is 33.4 Å².